The summed E-state index contributed by atoms with van der Waals surface area (Å²) in [6, 6.07) is 7.68. The average Bonchev–Trinajstić information content (AvgIpc) is 2.04. The smallest absolute Gasteiger partial charge is 0.0406 e. The van der Waals surface area contributed by atoms with Crippen LogP contribution in [0.15, 0.2) is 30.5 Å². The number of rotatable bonds is 2. The molecule has 0 aliphatic carbocycles. The summed E-state index contributed by atoms with van der Waals surface area (Å²) in [7, 11) is 1.87. The van der Waals surface area contributed by atoms with E-state index in [1.807, 2.05) is 43.6 Å². The molecule has 0 heterocycles. The van der Waals surface area contributed by atoms with Gasteiger partial charge in [-0.1, -0.05) is 23.7 Å². The van der Waals surface area contributed by atoms with E-state index >= 15 is 0 Å². The van der Waals surface area contributed by atoms with E-state index in [4.69, 9.17) is 11.6 Å². The maximum Gasteiger partial charge on any atom is 0.0406 e. The Bertz CT molecular complexity index is 238. The first-order valence-electron chi connectivity index (χ1n) is 3.42. The molecule has 0 saturated heterocycles. The van der Waals surface area contributed by atoms with Crippen LogP contribution in [0, 0.1) is 0 Å². The molecule has 11 heavy (non-hydrogen) atoms. The topological polar surface area (TPSA) is 12.0 Å². The van der Waals surface area contributed by atoms with Crippen LogP contribution in [0.25, 0.3) is 6.08 Å². The molecular formula is C9H10ClN. The second kappa shape index (κ2) is 4.04. The number of benzene rings is 1. The summed E-state index contributed by atoms with van der Waals surface area (Å²) in [5, 5.41) is 3.69. The Morgan fingerprint density at radius 1 is 1.27 bits per heavy atom. The first-order chi connectivity index (χ1) is 5.33. The van der Waals surface area contributed by atoms with Crippen LogP contribution in [-0.4, -0.2) is 7.05 Å². The molecule has 0 aromatic heterocycles. The Kier molecular flexibility index (Phi) is 2.99. The third-order valence-corrected chi connectivity index (χ3v) is 1.56. The van der Waals surface area contributed by atoms with Gasteiger partial charge in [0.2, 0.25) is 0 Å². The van der Waals surface area contributed by atoms with Crippen molar-refractivity contribution in [2.45, 2.75) is 0 Å². The van der Waals surface area contributed by atoms with E-state index in [-0.39, 0.29) is 0 Å². The van der Waals surface area contributed by atoms with Gasteiger partial charge in [0.25, 0.3) is 0 Å². The lowest BCUT2D eigenvalue weighted by atomic mass is 10.2. The zero-order valence-electron chi connectivity index (χ0n) is 6.34. The fourth-order valence-electron chi connectivity index (χ4n) is 0.753. The van der Waals surface area contributed by atoms with Crippen molar-refractivity contribution < 1.29 is 0 Å². The third kappa shape index (κ3) is 2.64. The molecule has 58 valence electrons. The molecule has 0 fully saturated rings. The van der Waals surface area contributed by atoms with Crippen molar-refractivity contribution in [2.75, 3.05) is 7.05 Å². The lowest BCUT2D eigenvalue weighted by Gasteiger charge is -1.92. The minimum absolute atomic E-state index is 0.770. The van der Waals surface area contributed by atoms with Gasteiger partial charge in [0.1, 0.15) is 0 Å². The monoisotopic (exact) mass is 167 g/mol. The minimum atomic E-state index is 0.770. The molecule has 1 nitrogen and oxygen atoms in total. The summed E-state index contributed by atoms with van der Waals surface area (Å²) in [6.07, 6.45) is 3.86. The Balaban J connectivity index is 2.73. The highest BCUT2D eigenvalue weighted by atomic mass is 35.5. The number of halogens is 1. The van der Waals surface area contributed by atoms with E-state index in [0.717, 1.165) is 10.6 Å². The summed E-state index contributed by atoms with van der Waals surface area (Å²) in [6.45, 7) is 0. The summed E-state index contributed by atoms with van der Waals surface area (Å²) in [4.78, 5) is 0. The lowest BCUT2D eigenvalue weighted by molar-refractivity contribution is 1.11. The van der Waals surface area contributed by atoms with Crippen LogP contribution in [0.4, 0.5) is 0 Å². The van der Waals surface area contributed by atoms with Gasteiger partial charge in [0.15, 0.2) is 0 Å². The number of hydrogen-bond acceptors (Lipinski definition) is 1. The zero-order chi connectivity index (χ0) is 8.10. The summed E-state index contributed by atoms with van der Waals surface area (Å²) >= 11 is 5.71. The molecule has 1 rings (SSSR count). The summed E-state index contributed by atoms with van der Waals surface area (Å²) in [5.74, 6) is 0. The van der Waals surface area contributed by atoms with E-state index in [9.17, 15) is 0 Å². The van der Waals surface area contributed by atoms with Crippen molar-refractivity contribution in [1.82, 2.24) is 5.32 Å². The maximum absolute atomic E-state index is 5.71. The van der Waals surface area contributed by atoms with Gasteiger partial charge < -0.3 is 5.32 Å². The van der Waals surface area contributed by atoms with Gasteiger partial charge in [-0.3, -0.25) is 0 Å². The lowest BCUT2D eigenvalue weighted by Crippen LogP contribution is -1.90. The van der Waals surface area contributed by atoms with Gasteiger partial charge in [-0.15, -0.1) is 0 Å². The van der Waals surface area contributed by atoms with E-state index in [1.165, 1.54) is 0 Å². The van der Waals surface area contributed by atoms with E-state index in [2.05, 4.69) is 5.32 Å². The second-order valence-electron chi connectivity index (χ2n) is 2.17. The van der Waals surface area contributed by atoms with Crippen molar-refractivity contribution in [2.24, 2.45) is 0 Å². The van der Waals surface area contributed by atoms with Crippen LogP contribution in [0.5, 0.6) is 0 Å². The van der Waals surface area contributed by atoms with Gasteiger partial charge in [-0.2, -0.15) is 0 Å². The molecule has 0 unspecified atom stereocenters. The number of nitrogens with one attached hydrogen (secondary N) is 1. The predicted molar refractivity (Wildman–Crippen MR) is 49.5 cm³/mol. The number of hydrogen-bond donors (Lipinski definition) is 1. The van der Waals surface area contributed by atoms with Crippen LogP contribution in [0.1, 0.15) is 5.56 Å². The summed E-state index contributed by atoms with van der Waals surface area (Å²) < 4.78 is 0. The molecule has 2 heteroatoms. The van der Waals surface area contributed by atoms with Gasteiger partial charge in [0, 0.05) is 12.1 Å². The first-order valence-corrected chi connectivity index (χ1v) is 3.80. The molecule has 1 aromatic rings. The van der Waals surface area contributed by atoms with Crippen LogP contribution in [-0.2, 0) is 0 Å². The van der Waals surface area contributed by atoms with Crippen molar-refractivity contribution in [1.29, 1.82) is 0 Å². The zero-order valence-corrected chi connectivity index (χ0v) is 7.10. The SMILES string of the molecule is CNC=Cc1ccc(Cl)cc1. The van der Waals surface area contributed by atoms with Crippen molar-refractivity contribution >= 4 is 17.7 Å². The molecule has 0 spiro atoms. The Morgan fingerprint density at radius 3 is 2.45 bits per heavy atom. The predicted octanol–water partition coefficient (Wildman–Crippen LogP) is 2.53. The fraction of sp³-hybridized carbons (Fsp3) is 0.111. The minimum Gasteiger partial charge on any atom is -0.394 e. The van der Waals surface area contributed by atoms with E-state index in [1.54, 1.807) is 0 Å². The van der Waals surface area contributed by atoms with Crippen molar-refractivity contribution in [3.8, 4) is 0 Å². The van der Waals surface area contributed by atoms with Gasteiger partial charge in [-0.25, -0.2) is 0 Å². The molecule has 0 aliphatic rings. The molecule has 0 bridgehead atoms. The highest BCUT2D eigenvalue weighted by molar-refractivity contribution is 6.30. The van der Waals surface area contributed by atoms with Gasteiger partial charge in [-0.05, 0) is 30.0 Å². The Morgan fingerprint density at radius 2 is 1.91 bits per heavy atom. The quantitative estimate of drug-likeness (QED) is 0.714. The van der Waals surface area contributed by atoms with E-state index < -0.39 is 0 Å². The largest absolute Gasteiger partial charge is 0.394 e. The van der Waals surface area contributed by atoms with Crippen LogP contribution in [0.2, 0.25) is 5.02 Å². The fourth-order valence-corrected chi connectivity index (χ4v) is 0.879. The standard InChI is InChI=1S/C9H10ClN/c1-11-7-6-8-2-4-9(10)5-3-8/h2-7,11H,1H3. The average molecular weight is 168 g/mol. The molecule has 0 atom stereocenters. The molecule has 0 aliphatic heterocycles. The van der Waals surface area contributed by atoms with Crippen molar-refractivity contribution in [3.63, 3.8) is 0 Å². The van der Waals surface area contributed by atoms with E-state index in [0.29, 0.717) is 0 Å². The Labute approximate surface area is 71.7 Å². The molecule has 1 aromatic carbocycles. The normalized spacial score (nSPS) is 10.4. The van der Waals surface area contributed by atoms with Gasteiger partial charge in [0.05, 0.1) is 0 Å². The molecule has 0 saturated carbocycles. The second-order valence-corrected chi connectivity index (χ2v) is 2.61. The van der Waals surface area contributed by atoms with Crippen LogP contribution < -0.4 is 5.32 Å². The molecule has 0 amide bonds. The first kappa shape index (κ1) is 8.15. The summed E-state index contributed by atoms with van der Waals surface area (Å²) in [5.41, 5.74) is 1.14. The van der Waals surface area contributed by atoms with Crippen LogP contribution in [0.3, 0.4) is 0 Å². The third-order valence-electron chi connectivity index (χ3n) is 1.31. The van der Waals surface area contributed by atoms with Crippen molar-refractivity contribution in [3.05, 3.63) is 41.1 Å². The van der Waals surface area contributed by atoms with Crippen LogP contribution >= 0.6 is 11.6 Å². The maximum atomic E-state index is 5.71. The molecular weight excluding hydrogens is 158 g/mol. The molecule has 1 N–H and O–H groups in total. The Hall–Kier alpha value is -0.950. The van der Waals surface area contributed by atoms with Gasteiger partial charge >= 0.3 is 0 Å². The highest BCUT2D eigenvalue weighted by Crippen LogP contribution is 2.09. The highest BCUT2D eigenvalue weighted by Gasteiger charge is 1.85. The molecule has 0 radical (unpaired) electrons.